The summed E-state index contributed by atoms with van der Waals surface area (Å²) in [7, 11) is 0. The number of hydrogen-bond donors (Lipinski definition) is 2. The molecule has 96 valence electrons. The van der Waals surface area contributed by atoms with E-state index in [4.69, 9.17) is 5.73 Å². The first-order valence-corrected chi connectivity index (χ1v) is 6.19. The van der Waals surface area contributed by atoms with Gasteiger partial charge in [-0.15, -0.1) is 0 Å². The lowest BCUT2D eigenvalue weighted by molar-refractivity contribution is 0.321. The molecule has 0 heterocycles. The quantitative estimate of drug-likeness (QED) is 0.716. The Morgan fingerprint density at radius 3 is 2.76 bits per heavy atom. The maximum absolute atomic E-state index is 12.9. The normalized spacial score (nSPS) is 11.8. The Morgan fingerprint density at radius 1 is 1.35 bits per heavy atom. The highest BCUT2D eigenvalue weighted by Crippen LogP contribution is 2.17. The molecule has 17 heavy (non-hydrogen) atoms. The van der Waals surface area contributed by atoms with Crippen LogP contribution in [0.1, 0.15) is 25.8 Å². The minimum Gasteiger partial charge on any atom is -0.330 e. The molecule has 2 nitrogen and oxygen atoms in total. The Hall–Kier alpha value is -0.930. The second-order valence-corrected chi connectivity index (χ2v) is 5.26. The van der Waals surface area contributed by atoms with E-state index in [-0.39, 0.29) is 11.2 Å². The molecule has 3 heteroatoms. The van der Waals surface area contributed by atoms with Crippen LogP contribution in [0, 0.1) is 11.2 Å². The molecular formula is C14H23FN2. The number of halogens is 1. The second kappa shape index (κ2) is 6.72. The molecule has 0 atom stereocenters. The summed E-state index contributed by atoms with van der Waals surface area (Å²) in [5.74, 6) is -0.161. The Balaban J connectivity index is 2.24. The van der Waals surface area contributed by atoms with E-state index >= 15 is 0 Å². The van der Waals surface area contributed by atoms with Crippen molar-refractivity contribution in [3.05, 3.63) is 35.6 Å². The van der Waals surface area contributed by atoms with Crippen LogP contribution in [0.25, 0.3) is 0 Å². The van der Waals surface area contributed by atoms with Crippen LogP contribution in [-0.2, 0) is 6.42 Å². The summed E-state index contributed by atoms with van der Waals surface area (Å²) in [6.45, 7) is 6.94. The monoisotopic (exact) mass is 238 g/mol. The standard InChI is InChI=1S/C14H23FN2/c1-14(2,7-8-16)11-17-9-6-12-4-3-5-13(15)10-12/h3-5,10,17H,6-9,11,16H2,1-2H3. The maximum Gasteiger partial charge on any atom is 0.123 e. The third kappa shape index (κ3) is 5.80. The predicted molar refractivity (Wildman–Crippen MR) is 70.4 cm³/mol. The van der Waals surface area contributed by atoms with Gasteiger partial charge < -0.3 is 11.1 Å². The summed E-state index contributed by atoms with van der Waals surface area (Å²) in [6.07, 6.45) is 1.87. The van der Waals surface area contributed by atoms with Gasteiger partial charge in [0, 0.05) is 6.54 Å². The van der Waals surface area contributed by atoms with Gasteiger partial charge in [0.25, 0.3) is 0 Å². The molecule has 0 spiro atoms. The first-order chi connectivity index (χ1) is 8.03. The molecule has 1 aromatic carbocycles. The highest BCUT2D eigenvalue weighted by atomic mass is 19.1. The van der Waals surface area contributed by atoms with Gasteiger partial charge in [0.05, 0.1) is 0 Å². The molecule has 0 amide bonds. The Morgan fingerprint density at radius 2 is 2.12 bits per heavy atom. The first kappa shape index (κ1) is 14.1. The van der Waals surface area contributed by atoms with E-state index in [0.29, 0.717) is 0 Å². The first-order valence-electron chi connectivity index (χ1n) is 6.19. The smallest absolute Gasteiger partial charge is 0.123 e. The minimum absolute atomic E-state index is 0.161. The average Bonchev–Trinajstić information content (AvgIpc) is 2.24. The molecule has 0 unspecified atom stereocenters. The maximum atomic E-state index is 12.9. The zero-order valence-electron chi connectivity index (χ0n) is 10.8. The molecule has 0 radical (unpaired) electrons. The molecule has 1 aromatic rings. The molecular weight excluding hydrogens is 215 g/mol. The summed E-state index contributed by atoms with van der Waals surface area (Å²) in [6, 6.07) is 6.77. The molecule has 0 fully saturated rings. The van der Waals surface area contributed by atoms with E-state index in [1.54, 1.807) is 12.1 Å². The number of benzene rings is 1. The van der Waals surface area contributed by atoms with E-state index in [2.05, 4.69) is 19.2 Å². The molecule has 0 bridgehead atoms. The highest BCUT2D eigenvalue weighted by molar-refractivity contribution is 5.16. The fourth-order valence-corrected chi connectivity index (χ4v) is 1.83. The highest BCUT2D eigenvalue weighted by Gasteiger charge is 2.15. The van der Waals surface area contributed by atoms with Crippen LogP contribution >= 0.6 is 0 Å². The van der Waals surface area contributed by atoms with Crippen LogP contribution in [-0.4, -0.2) is 19.6 Å². The largest absolute Gasteiger partial charge is 0.330 e. The van der Waals surface area contributed by atoms with Crippen molar-refractivity contribution in [1.29, 1.82) is 0 Å². The van der Waals surface area contributed by atoms with Crippen molar-refractivity contribution >= 4 is 0 Å². The fraction of sp³-hybridized carbons (Fsp3) is 0.571. The van der Waals surface area contributed by atoms with Crippen molar-refractivity contribution in [2.24, 2.45) is 11.1 Å². The summed E-state index contributed by atoms with van der Waals surface area (Å²) in [5, 5.41) is 3.40. The van der Waals surface area contributed by atoms with Crippen LogP contribution in [0.2, 0.25) is 0 Å². The van der Waals surface area contributed by atoms with Gasteiger partial charge in [-0.25, -0.2) is 4.39 Å². The predicted octanol–water partition coefficient (Wildman–Crippen LogP) is 2.33. The lowest BCUT2D eigenvalue weighted by Gasteiger charge is -2.24. The molecule has 1 rings (SSSR count). The number of nitrogens with two attached hydrogens (primary N) is 1. The Labute approximate surface area is 103 Å². The molecule has 3 N–H and O–H groups in total. The lowest BCUT2D eigenvalue weighted by atomic mass is 9.89. The molecule has 0 aromatic heterocycles. The van der Waals surface area contributed by atoms with Gasteiger partial charge in [-0.3, -0.25) is 0 Å². The lowest BCUT2D eigenvalue weighted by Crippen LogP contribution is -2.32. The van der Waals surface area contributed by atoms with E-state index in [9.17, 15) is 4.39 Å². The zero-order valence-corrected chi connectivity index (χ0v) is 10.8. The van der Waals surface area contributed by atoms with Crippen molar-refractivity contribution in [3.63, 3.8) is 0 Å². The van der Waals surface area contributed by atoms with Crippen molar-refractivity contribution in [1.82, 2.24) is 5.32 Å². The van der Waals surface area contributed by atoms with Gasteiger partial charge in [-0.2, -0.15) is 0 Å². The molecule has 0 saturated carbocycles. The fourth-order valence-electron chi connectivity index (χ4n) is 1.83. The number of nitrogens with one attached hydrogen (secondary N) is 1. The van der Waals surface area contributed by atoms with Gasteiger partial charge >= 0.3 is 0 Å². The zero-order chi connectivity index (χ0) is 12.7. The van der Waals surface area contributed by atoms with Gasteiger partial charge in [0.2, 0.25) is 0 Å². The molecule has 0 aliphatic rings. The van der Waals surface area contributed by atoms with E-state index in [1.807, 2.05) is 6.07 Å². The van der Waals surface area contributed by atoms with Crippen molar-refractivity contribution in [2.75, 3.05) is 19.6 Å². The van der Waals surface area contributed by atoms with Crippen molar-refractivity contribution in [3.8, 4) is 0 Å². The Kier molecular flexibility index (Phi) is 5.59. The summed E-state index contributed by atoms with van der Waals surface area (Å²) in [5.41, 5.74) is 6.83. The summed E-state index contributed by atoms with van der Waals surface area (Å²) < 4.78 is 12.9. The van der Waals surface area contributed by atoms with E-state index in [1.165, 1.54) is 6.07 Å². The van der Waals surface area contributed by atoms with E-state index in [0.717, 1.165) is 38.0 Å². The minimum atomic E-state index is -0.161. The van der Waals surface area contributed by atoms with Crippen LogP contribution < -0.4 is 11.1 Å². The van der Waals surface area contributed by atoms with Crippen LogP contribution in [0.15, 0.2) is 24.3 Å². The third-order valence-electron chi connectivity index (χ3n) is 2.90. The van der Waals surface area contributed by atoms with E-state index < -0.39 is 0 Å². The van der Waals surface area contributed by atoms with Gasteiger partial charge in [-0.1, -0.05) is 26.0 Å². The average molecular weight is 238 g/mol. The van der Waals surface area contributed by atoms with Crippen molar-refractivity contribution in [2.45, 2.75) is 26.7 Å². The van der Waals surface area contributed by atoms with Gasteiger partial charge in [0.1, 0.15) is 5.82 Å². The molecule has 0 saturated heterocycles. The van der Waals surface area contributed by atoms with Crippen LogP contribution in [0.4, 0.5) is 4.39 Å². The molecule has 0 aliphatic heterocycles. The van der Waals surface area contributed by atoms with Gasteiger partial charge in [-0.05, 0) is 49.0 Å². The summed E-state index contributed by atoms with van der Waals surface area (Å²) >= 11 is 0. The topological polar surface area (TPSA) is 38.0 Å². The van der Waals surface area contributed by atoms with Crippen LogP contribution in [0.5, 0.6) is 0 Å². The number of hydrogen-bond acceptors (Lipinski definition) is 2. The molecule has 0 aliphatic carbocycles. The third-order valence-corrected chi connectivity index (χ3v) is 2.90. The number of rotatable bonds is 7. The van der Waals surface area contributed by atoms with Gasteiger partial charge in [0.15, 0.2) is 0 Å². The SMILES string of the molecule is CC(C)(CCN)CNCCc1cccc(F)c1. The Bertz CT molecular complexity index is 337. The summed E-state index contributed by atoms with van der Waals surface area (Å²) in [4.78, 5) is 0. The second-order valence-electron chi connectivity index (χ2n) is 5.26. The van der Waals surface area contributed by atoms with Crippen LogP contribution in [0.3, 0.4) is 0 Å². The van der Waals surface area contributed by atoms with Crippen molar-refractivity contribution < 1.29 is 4.39 Å².